The molecule has 1 N–H and O–H groups in total. The van der Waals surface area contributed by atoms with Crippen molar-refractivity contribution in [3.8, 4) is 0 Å². The summed E-state index contributed by atoms with van der Waals surface area (Å²) >= 11 is 0. The maximum absolute atomic E-state index is 11.9. The van der Waals surface area contributed by atoms with Gasteiger partial charge in [0.2, 0.25) is 0 Å². The third kappa shape index (κ3) is 3.34. The Hall–Kier alpha value is -1.65. The van der Waals surface area contributed by atoms with Gasteiger partial charge in [0.05, 0.1) is 13.2 Å². The van der Waals surface area contributed by atoms with Gasteiger partial charge in [-0.15, -0.1) is 0 Å². The van der Waals surface area contributed by atoms with Crippen molar-refractivity contribution in [1.82, 2.24) is 9.88 Å². The lowest BCUT2D eigenvalue weighted by Gasteiger charge is -2.26. The summed E-state index contributed by atoms with van der Waals surface area (Å²) < 4.78 is 5.36. The van der Waals surface area contributed by atoms with Gasteiger partial charge in [0.15, 0.2) is 0 Å². The van der Waals surface area contributed by atoms with Gasteiger partial charge in [0.1, 0.15) is 0 Å². The minimum atomic E-state index is 0.0373. The summed E-state index contributed by atoms with van der Waals surface area (Å²) in [5.41, 5.74) is 3.10. The van der Waals surface area contributed by atoms with Gasteiger partial charge in [0.25, 0.3) is 5.56 Å². The molecule has 3 rings (SSSR count). The number of fused-ring (bicyclic) bond motifs is 1. The van der Waals surface area contributed by atoms with E-state index in [1.165, 1.54) is 5.56 Å². The lowest BCUT2D eigenvalue weighted by atomic mass is 10.1. The standard InChI is InChI=1S/C17H22N2O2/c1-2-14-12-15-4-3-13(11-16(15)18-17(14)20)5-6-19-7-9-21-10-8-19/h3-4,11-12H,2,5-10H2,1H3,(H,18,20). The molecule has 1 saturated heterocycles. The Bertz CT molecular complexity index is 672. The third-order valence-corrected chi connectivity index (χ3v) is 4.19. The zero-order valence-corrected chi connectivity index (χ0v) is 12.5. The maximum Gasteiger partial charge on any atom is 0.251 e. The van der Waals surface area contributed by atoms with E-state index in [0.29, 0.717) is 0 Å². The van der Waals surface area contributed by atoms with Crippen LogP contribution in [0.4, 0.5) is 0 Å². The van der Waals surface area contributed by atoms with Crippen molar-refractivity contribution in [2.45, 2.75) is 19.8 Å². The Labute approximate surface area is 124 Å². The lowest BCUT2D eigenvalue weighted by molar-refractivity contribution is 0.0384. The second kappa shape index (κ2) is 6.41. The van der Waals surface area contributed by atoms with Crippen LogP contribution in [0.15, 0.2) is 29.1 Å². The van der Waals surface area contributed by atoms with Gasteiger partial charge in [0, 0.05) is 30.7 Å². The number of ether oxygens (including phenoxy) is 1. The fourth-order valence-electron chi connectivity index (χ4n) is 2.82. The molecule has 0 atom stereocenters. The molecule has 4 heteroatoms. The molecule has 21 heavy (non-hydrogen) atoms. The molecule has 4 nitrogen and oxygen atoms in total. The first-order chi connectivity index (χ1) is 10.3. The van der Waals surface area contributed by atoms with Crippen molar-refractivity contribution in [2.75, 3.05) is 32.8 Å². The van der Waals surface area contributed by atoms with E-state index in [1.807, 2.05) is 13.0 Å². The minimum absolute atomic E-state index is 0.0373. The van der Waals surface area contributed by atoms with Crippen LogP contribution < -0.4 is 5.56 Å². The van der Waals surface area contributed by atoms with Crippen LogP contribution in [0.5, 0.6) is 0 Å². The van der Waals surface area contributed by atoms with Crippen LogP contribution in [0.3, 0.4) is 0 Å². The number of pyridine rings is 1. The number of aryl methyl sites for hydroxylation is 1. The van der Waals surface area contributed by atoms with Crippen molar-refractivity contribution >= 4 is 10.9 Å². The van der Waals surface area contributed by atoms with E-state index in [0.717, 1.165) is 62.2 Å². The minimum Gasteiger partial charge on any atom is -0.379 e. The first kappa shape index (κ1) is 14.3. The lowest BCUT2D eigenvalue weighted by Crippen LogP contribution is -2.37. The van der Waals surface area contributed by atoms with E-state index in [-0.39, 0.29) is 5.56 Å². The van der Waals surface area contributed by atoms with Gasteiger partial charge in [-0.25, -0.2) is 0 Å². The van der Waals surface area contributed by atoms with E-state index in [1.54, 1.807) is 0 Å². The molecule has 0 amide bonds. The molecule has 1 aliphatic heterocycles. The fourth-order valence-corrected chi connectivity index (χ4v) is 2.82. The smallest absolute Gasteiger partial charge is 0.251 e. The summed E-state index contributed by atoms with van der Waals surface area (Å²) in [5.74, 6) is 0. The Morgan fingerprint density at radius 3 is 2.81 bits per heavy atom. The van der Waals surface area contributed by atoms with Gasteiger partial charge in [-0.2, -0.15) is 0 Å². The number of hydrogen-bond donors (Lipinski definition) is 1. The number of rotatable bonds is 4. The topological polar surface area (TPSA) is 45.3 Å². The molecule has 0 unspecified atom stereocenters. The first-order valence-electron chi connectivity index (χ1n) is 7.71. The van der Waals surface area contributed by atoms with Crippen LogP contribution in [-0.2, 0) is 17.6 Å². The second-order valence-electron chi connectivity index (χ2n) is 5.60. The summed E-state index contributed by atoms with van der Waals surface area (Å²) in [6.07, 6.45) is 1.78. The monoisotopic (exact) mass is 286 g/mol. The molecule has 1 aliphatic rings. The maximum atomic E-state index is 11.9. The summed E-state index contributed by atoms with van der Waals surface area (Å²) in [6.45, 7) is 6.77. The van der Waals surface area contributed by atoms with Crippen molar-refractivity contribution in [3.63, 3.8) is 0 Å². The highest BCUT2D eigenvalue weighted by atomic mass is 16.5. The molecule has 1 fully saturated rings. The van der Waals surface area contributed by atoms with Crippen LogP contribution in [0.1, 0.15) is 18.1 Å². The van der Waals surface area contributed by atoms with E-state index < -0.39 is 0 Å². The summed E-state index contributed by atoms with van der Waals surface area (Å²) in [6, 6.07) is 8.39. The predicted molar refractivity (Wildman–Crippen MR) is 84.9 cm³/mol. The SMILES string of the molecule is CCc1cc2ccc(CCN3CCOCC3)cc2[nH]c1=O. The molecule has 1 aromatic carbocycles. The molecule has 112 valence electrons. The van der Waals surface area contributed by atoms with Crippen LogP contribution >= 0.6 is 0 Å². The van der Waals surface area contributed by atoms with Crippen molar-refractivity contribution in [3.05, 3.63) is 45.7 Å². The molecule has 2 aromatic rings. The zero-order valence-electron chi connectivity index (χ0n) is 12.5. The number of morpholine rings is 1. The normalized spacial score (nSPS) is 16.4. The van der Waals surface area contributed by atoms with Crippen LogP contribution in [0, 0.1) is 0 Å². The number of hydrogen-bond acceptors (Lipinski definition) is 3. The van der Waals surface area contributed by atoms with Gasteiger partial charge < -0.3 is 9.72 Å². The highest BCUT2D eigenvalue weighted by molar-refractivity contribution is 5.79. The number of nitrogens with one attached hydrogen (secondary N) is 1. The number of benzene rings is 1. The molecule has 2 heterocycles. The van der Waals surface area contributed by atoms with Crippen molar-refractivity contribution < 1.29 is 4.74 Å². The quantitative estimate of drug-likeness (QED) is 0.934. The number of nitrogens with zero attached hydrogens (tertiary/aromatic N) is 1. The summed E-state index contributed by atoms with van der Waals surface area (Å²) in [5, 5.41) is 1.11. The Balaban J connectivity index is 1.75. The second-order valence-corrected chi connectivity index (χ2v) is 5.60. The van der Waals surface area contributed by atoms with Gasteiger partial charge in [-0.3, -0.25) is 9.69 Å². The zero-order chi connectivity index (χ0) is 14.7. The van der Waals surface area contributed by atoms with Gasteiger partial charge in [-0.05, 0) is 35.9 Å². The van der Waals surface area contributed by atoms with E-state index >= 15 is 0 Å². The Morgan fingerprint density at radius 2 is 2.05 bits per heavy atom. The summed E-state index contributed by atoms with van der Waals surface area (Å²) in [7, 11) is 0. The average molecular weight is 286 g/mol. The van der Waals surface area contributed by atoms with Crippen LogP contribution in [-0.4, -0.2) is 42.7 Å². The van der Waals surface area contributed by atoms with Crippen LogP contribution in [0.25, 0.3) is 10.9 Å². The molecule has 1 aromatic heterocycles. The predicted octanol–water partition coefficient (Wildman–Crippen LogP) is 1.97. The fraction of sp³-hybridized carbons (Fsp3) is 0.471. The van der Waals surface area contributed by atoms with E-state index in [2.05, 4.69) is 28.1 Å². The molecule has 0 aliphatic carbocycles. The summed E-state index contributed by atoms with van der Waals surface area (Å²) in [4.78, 5) is 17.3. The highest BCUT2D eigenvalue weighted by Crippen LogP contribution is 2.15. The third-order valence-electron chi connectivity index (χ3n) is 4.19. The first-order valence-corrected chi connectivity index (χ1v) is 7.71. The van der Waals surface area contributed by atoms with Crippen LogP contribution in [0.2, 0.25) is 0 Å². The molecular weight excluding hydrogens is 264 g/mol. The molecule has 0 bridgehead atoms. The molecule has 0 radical (unpaired) electrons. The van der Waals surface area contributed by atoms with Gasteiger partial charge >= 0.3 is 0 Å². The number of aromatic nitrogens is 1. The Morgan fingerprint density at radius 1 is 1.24 bits per heavy atom. The average Bonchev–Trinajstić information content (AvgIpc) is 2.53. The van der Waals surface area contributed by atoms with E-state index in [9.17, 15) is 4.79 Å². The number of H-pyrrole nitrogens is 1. The van der Waals surface area contributed by atoms with Crippen molar-refractivity contribution in [1.29, 1.82) is 0 Å². The van der Waals surface area contributed by atoms with E-state index in [4.69, 9.17) is 4.74 Å². The van der Waals surface area contributed by atoms with Gasteiger partial charge in [-0.1, -0.05) is 19.1 Å². The Kier molecular flexibility index (Phi) is 4.36. The highest BCUT2D eigenvalue weighted by Gasteiger charge is 2.10. The molecular formula is C17H22N2O2. The van der Waals surface area contributed by atoms with Crippen molar-refractivity contribution in [2.24, 2.45) is 0 Å². The molecule has 0 spiro atoms. The molecule has 0 saturated carbocycles. The largest absolute Gasteiger partial charge is 0.379 e. The number of aromatic amines is 1.